The molecule has 0 aliphatic rings. The first-order chi connectivity index (χ1) is 7.41. The summed E-state index contributed by atoms with van der Waals surface area (Å²) in [4.78, 5) is 0. The molecule has 0 fully saturated rings. The van der Waals surface area contributed by atoms with Crippen LogP contribution in [-0.4, -0.2) is 63.1 Å². The van der Waals surface area contributed by atoms with Gasteiger partial charge in [-0.25, -0.2) is 0 Å². The van der Waals surface area contributed by atoms with Crippen molar-refractivity contribution in [1.82, 2.24) is 0 Å². The molecule has 2 N–H and O–H groups in total. The lowest BCUT2D eigenvalue weighted by atomic mass is 10.7. The molecule has 0 atom stereocenters. The maximum atomic E-state index is 8.38. The first kappa shape index (κ1) is 15.1. The zero-order valence-electron chi connectivity index (χ0n) is 8.59. The monoisotopic (exact) mass is 242 g/mol. The summed E-state index contributed by atoms with van der Waals surface area (Å²) >= 11 is 0.884. The summed E-state index contributed by atoms with van der Waals surface area (Å²) in [7, 11) is 0. The van der Waals surface area contributed by atoms with Crippen molar-refractivity contribution in [3.8, 4) is 0 Å². The van der Waals surface area contributed by atoms with Gasteiger partial charge in [-0.1, -0.05) is 0 Å². The van der Waals surface area contributed by atoms with Crippen molar-refractivity contribution in [1.29, 1.82) is 0 Å². The molecule has 0 aliphatic heterocycles. The molecule has 0 rings (SSSR count). The van der Waals surface area contributed by atoms with Gasteiger partial charge in [-0.05, 0) is 0 Å². The van der Waals surface area contributed by atoms with E-state index in [2.05, 4.69) is 0 Å². The molecule has 0 aliphatic carbocycles. The smallest absolute Gasteiger partial charge is 0.158 e. The van der Waals surface area contributed by atoms with Crippen molar-refractivity contribution in [2.24, 2.45) is 0 Å². The zero-order valence-corrected chi connectivity index (χ0v) is 9.41. The second kappa shape index (κ2) is 14.1. The Labute approximate surface area is 93.9 Å². The third kappa shape index (κ3) is 14.1. The fraction of sp³-hybridized carbons (Fsp3) is 1.00. The van der Waals surface area contributed by atoms with Crippen molar-refractivity contribution in [3.63, 3.8) is 0 Å². The average Bonchev–Trinajstić information content (AvgIpc) is 2.26. The second-order valence-electron chi connectivity index (χ2n) is 2.38. The molecule has 0 aromatic heterocycles. The van der Waals surface area contributed by atoms with Crippen LogP contribution in [0.3, 0.4) is 0 Å². The first-order valence-electron chi connectivity index (χ1n) is 4.70. The number of aliphatic hydroxyl groups is 2. The van der Waals surface area contributed by atoms with Gasteiger partial charge in [-0.15, -0.1) is 0 Å². The van der Waals surface area contributed by atoms with Gasteiger partial charge < -0.3 is 19.7 Å². The van der Waals surface area contributed by atoms with E-state index >= 15 is 0 Å². The van der Waals surface area contributed by atoms with Gasteiger partial charge in [0.25, 0.3) is 0 Å². The Morgan fingerprint density at radius 1 is 0.667 bits per heavy atom. The van der Waals surface area contributed by atoms with Gasteiger partial charge in [0.2, 0.25) is 0 Å². The lowest BCUT2D eigenvalue weighted by Crippen LogP contribution is -2.06. The summed E-state index contributed by atoms with van der Waals surface area (Å²) in [5, 5.41) is 16.8. The van der Waals surface area contributed by atoms with Gasteiger partial charge in [-0.2, -0.15) is 0 Å². The molecule has 0 aromatic carbocycles. The Morgan fingerprint density at radius 3 is 1.53 bits per heavy atom. The topological polar surface area (TPSA) is 77.4 Å². The minimum atomic E-state index is 0.0197. The summed E-state index contributed by atoms with van der Waals surface area (Å²) < 4.78 is 19.8. The van der Waals surface area contributed by atoms with Crippen LogP contribution in [0.2, 0.25) is 0 Å². The van der Waals surface area contributed by atoms with E-state index in [-0.39, 0.29) is 13.2 Å². The Balaban J connectivity index is 2.81. The molecule has 92 valence electrons. The van der Waals surface area contributed by atoms with Crippen molar-refractivity contribution in [2.75, 3.05) is 52.9 Å². The molecule has 0 aromatic rings. The fourth-order valence-corrected chi connectivity index (χ4v) is 0.961. The lowest BCUT2D eigenvalue weighted by molar-refractivity contribution is 0.0645. The van der Waals surface area contributed by atoms with Crippen LogP contribution in [0.15, 0.2) is 0 Å². The SMILES string of the molecule is OCCOCCOSOCCOCCO. The molecule has 6 nitrogen and oxygen atoms in total. The highest BCUT2D eigenvalue weighted by molar-refractivity contribution is 7.89. The Hall–Kier alpha value is 0.110. The maximum Gasteiger partial charge on any atom is 0.158 e. The Bertz CT molecular complexity index is 103. The highest BCUT2D eigenvalue weighted by Gasteiger charge is 1.92. The zero-order chi connectivity index (χ0) is 11.2. The molecule has 15 heavy (non-hydrogen) atoms. The van der Waals surface area contributed by atoms with E-state index in [4.69, 9.17) is 28.1 Å². The molecule has 7 heteroatoms. The predicted molar refractivity (Wildman–Crippen MR) is 55.3 cm³/mol. The molecule has 0 saturated carbocycles. The molecule has 0 saturated heterocycles. The molecule has 0 radical (unpaired) electrons. The summed E-state index contributed by atoms with van der Waals surface area (Å²) in [5.41, 5.74) is 0. The number of hydrogen-bond acceptors (Lipinski definition) is 7. The molecular weight excluding hydrogens is 224 g/mol. The van der Waals surface area contributed by atoms with Gasteiger partial charge >= 0.3 is 0 Å². The molecule has 0 unspecified atom stereocenters. The molecule has 0 bridgehead atoms. The third-order valence-electron chi connectivity index (χ3n) is 1.19. The van der Waals surface area contributed by atoms with E-state index in [1.807, 2.05) is 0 Å². The average molecular weight is 242 g/mol. The fourth-order valence-electron chi connectivity index (χ4n) is 0.621. The van der Waals surface area contributed by atoms with Crippen molar-refractivity contribution in [3.05, 3.63) is 0 Å². The summed E-state index contributed by atoms with van der Waals surface area (Å²) in [5.74, 6) is 0. The minimum Gasteiger partial charge on any atom is -0.394 e. The largest absolute Gasteiger partial charge is 0.394 e. The highest BCUT2D eigenvalue weighted by Crippen LogP contribution is 2.03. The summed E-state index contributed by atoms with van der Waals surface area (Å²) in [6.45, 7) is 2.35. The first-order valence-corrected chi connectivity index (χ1v) is 5.36. The number of aliphatic hydroxyl groups excluding tert-OH is 2. The highest BCUT2D eigenvalue weighted by atomic mass is 32.2. The third-order valence-corrected chi connectivity index (χ3v) is 1.72. The quantitative estimate of drug-likeness (QED) is 0.356. The van der Waals surface area contributed by atoms with Gasteiger partial charge in [0.1, 0.15) is 0 Å². The standard InChI is InChI=1S/C8H18O6S/c9-1-3-11-5-7-13-15-14-8-6-12-4-2-10/h9-10H,1-8H2. The van der Waals surface area contributed by atoms with Crippen LogP contribution >= 0.6 is 12.3 Å². The van der Waals surface area contributed by atoms with E-state index in [1.54, 1.807) is 0 Å². The van der Waals surface area contributed by atoms with Crippen LogP contribution in [0.25, 0.3) is 0 Å². The number of hydrogen-bond donors (Lipinski definition) is 2. The summed E-state index contributed by atoms with van der Waals surface area (Å²) in [6.07, 6.45) is 0. The van der Waals surface area contributed by atoms with Gasteiger partial charge in [0.15, 0.2) is 12.3 Å². The normalized spacial score (nSPS) is 10.8. The van der Waals surface area contributed by atoms with E-state index in [0.29, 0.717) is 39.6 Å². The van der Waals surface area contributed by atoms with Gasteiger partial charge in [-0.3, -0.25) is 8.37 Å². The lowest BCUT2D eigenvalue weighted by Gasteiger charge is -2.04. The molecular formula is C8H18O6S. The van der Waals surface area contributed by atoms with Gasteiger partial charge in [0.05, 0.1) is 52.9 Å². The van der Waals surface area contributed by atoms with Crippen LogP contribution in [0.5, 0.6) is 0 Å². The number of rotatable bonds is 12. The van der Waals surface area contributed by atoms with Crippen LogP contribution in [-0.2, 0) is 17.8 Å². The molecule has 0 amide bonds. The van der Waals surface area contributed by atoms with Crippen molar-refractivity contribution in [2.45, 2.75) is 0 Å². The van der Waals surface area contributed by atoms with E-state index in [9.17, 15) is 0 Å². The second-order valence-corrected chi connectivity index (χ2v) is 2.99. The van der Waals surface area contributed by atoms with Crippen molar-refractivity contribution < 1.29 is 28.1 Å². The van der Waals surface area contributed by atoms with Gasteiger partial charge in [0, 0.05) is 0 Å². The Kier molecular flexibility index (Phi) is 14.2. The molecule has 0 heterocycles. The van der Waals surface area contributed by atoms with Crippen LogP contribution in [0.4, 0.5) is 0 Å². The van der Waals surface area contributed by atoms with Crippen LogP contribution < -0.4 is 0 Å². The minimum absolute atomic E-state index is 0.0197. The Morgan fingerprint density at radius 2 is 1.13 bits per heavy atom. The maximum absolute atomic E-state index is 8.38. The predicted octanol–water partition coefficient (Wildman–Crippen LogP) is -0.399. The number of ether oxygens (including phenoxy) is 2. The van der Waals surface area contributed by atoms with E-state index in [1.165, 1.54) is 0 Å². The van der Waals surface area contributed by atoms with E-state index < -0.39 is 0 Å². The summed E-state index contributed by atoms with van der Waals surface area (Å²) in [6, 6.07) is 0. The van der Waals surface area contributed by atoms with Crippen LogP contribution in [0.1, 0.15) is 0 Å². The van der Waals surface area contributed by atoms with E-state index in [0.717, 1.165) is 12.3 Å². The molecule has 0 spiro atoms. The van der Waals surface area contributed by atoms with Crippen molar-refractivity contribution >= 4 is 12.3 Å². The van der Waals surface area contributed by atoms with Crippen LogP contribution in [0, 0.1) is 0 Å².